The minimum atomic E-state index is -0.0307. The molecule has 5 aromatic rings. The molecule has 8 heteroatoms. The van der Waals surface area contributed by atoms with E-state index in [4.69, 9.17) is 0 Å². The molecule has 6 nitrogen and oxygen atoms in total. The van der Waals surface area contributed by atoms with E-state index in [-0.39, 0.29) is 11.8 Å². The Hall–Kier alpha value is -4.40. The van der Waals surface area contributed by atoms with Crippen molar-refractivity contribution in [2.24, 2.45) is 0 Å². The minimum absolute atomic E-state index is 0.0242. The molecule has 0 radical (unpaired) electrons. The van der Waals surface area contributed by atoms with Crippen molar-refractivity contribution < 1.29 is 9.59 Å². The first-order valence-electron chi connectivity index (χ1n) is 13.5. The van der Waals surface area contributed by atoms with Crippen molar-refractivity contribution in [2.75, 3.05) is 22.1 Å². The van der Waals surface area contributed by atoms with Gasteiger partial charge >= 0.3 is 0 Å². The molecule has 1 aromatic heterocycles. The van der Waals surface area contributed by atoms with Crippen LogP contribution in [0.15, 0.2) is 122 Å². The van der Waals surface area contributed by atoms with Crippen molar-refractivity contribution in [3.05, 3.63) is 133 Å². The number of hydrogen-bond donors (Lipinski definition) is 2. The Kier molecular flexibility index (Phi) is 10.4. The fourth-order valence-corrected chi connectivity index (χ4v) is 5.72. The Balaban J connectivity index is 1.08. The van der Waals surface area contributed by atoms with Crippen LogP contribution in [0.5, 0.6) is 0 Å². The average Bonchev–Trinajstić information content (AvgIpc) is 3.03. The summed E-state index contributed by atoms with van der Waals surface area (Å²) in [6, 6.07) is 35.4. The highest BCUT2D eigenvalue weighted by atomic mass is 32.2. The van der Waals surface area contributed by atoms with Gasteiger partial charge in [-0.05, 0) is 53.1 Å². The van der Waals surface area contributed by atoms with Gasteiger partial charge in [-0.1, -0.05) is 72.8 Å². The van der Waals surface area contributed by atoms with Gasteiger partial charge in [-0.25, -0.2) is 9.97 Å². The van der Waals surface area contributed by atoms with Gasteiger partial charge in [0.05, 0.1) is 11.5 Å². The molecule has 5 rings (SSSR count). The number of nitrogens with zero attached hydrogens (tertiary/aromatic N) is 2. The van der Waals surface area contributed by atoms with E-state index >= 15 is 0 Å². The number of amides is 2. The maximum Gasteiger partial charge on any atom is 0.234 e. The lowest BCUT2D eigenvalue weighted by Crippen LogP contribution is -2.14. The molecular formula is C34H30N4O2S2. The Bertz CT molecular complexity index is 1460. The topological polar surface area (TPSA) is 84.0 Å². The molecule has 210 valence electrons. The molecule has 2 N–H and O–H groups in total. The van der Waals surface area contributed by atoms with Gasteiger partial charge in [0.25, 0.3) is 0 Å². The Morgan fingerprint density at radius 3 is 1.40 bits per heavy atom. The predicted octanol–water partition coefficient (Wildman–Crippen LogP) is 7.55. The van der Waals surface area contributed by atoms with Gasteiger partial charge in [-0.3, -0.25) is 9.59 Å². The van der Waals surface area contributed by atoms with Crippen LogP contribution in [0, 0.1) is 0 Å². The number of anilines is 2. The first-order valence-corrected chi connectivity index (χ1v) is 15.8. The number of aromatic nitrogens is 2. The van der Waals surface area contributed by atoms with Crippen molar-refractivity contribution in [1.82, 2.24) is 9.97 Å². The molecule has 2 amide bonds. The third kappa shape index (κ3) is 8.80. The monoisotopic (exact) mass is 590 g/mol. The molecule has 0 spiro atoms. The van der Waals surface area contributed by atoms with Crippen LogP contribution in [0.1, 0.15) is 11.1 Å². The highest BCUT2D eigenvalue weighted by Gasteiger charge is 2.08. The van der Waals surface area contributed by atoms with Crippen molar-refractivity contribution in [2.45, 2.75) is 11.5 Å². The molecule has 0 bridgehead atoms. The van der Waals surface area contributed by atoms with Gasteiger partial charge in [0.2, 0.25) is 11.8 Å². The molecular weight excluding hydrogens is 561 g/mol. The molecule has 0 saturated heterocycles. The number of carbonyl (C=O) groups is 2. The predicted molar refractivity (Wildman–Crippen MR) is 175 cm³/mol. The molecule has 4 aromatic carbocycles. The highest BCUT2D eigenvalue weighted by Crippen LogP contribution is 2.24. The van der Waals surface area contributed by atoms with Crippen LogP contribution in [0.3, 0.4) is 0 Å². The number of carbonyl (C=O) groups excluding carboxylic acids is 2. The van der Waals surface area contributed by atoms with Crippen LogP contribution in [0.25, 0.3) is 22.5 Å². The van der Waals surface area contributed by atoms with E-state index in [9.17, 15) is 9.59 Å². The van der Waals surface area contributed by atoms with Crippen LogP contribution in [-0.4, -0.2) is 33.3 Å². The van der Waals surface area contributed by atoms with E-state index in [0.29, 0.717) is 17.3 Å². The standard InChI is InChI=1S/C34H30N4O2S2/c39-32(23-41-21-25-7-3-1-4-8-25)37-30-15-11-27(12-16-30)29-19-35-34(36-20-29)28-13-17-31(18-14-28)38-33(40)24-42-22-26-9-5-2-6-10-26/h1-20H,21-24H2,(H,37,39)(H,38,40). The molecule has 0 fully saturated rings. The molecule has 1 heterocycles. The summed E-state index contributed by atoms with van der Waals surface area (Å²) in [7, 11) is 0. The molecule has 0 aliphatic rings. The van der Waals surface area contributed by atoms with Crippen molar-refractivity contribution >= 4 is 46.7 Å². The summed E-state index contributed by atoms with van der Waals surface area (Å²) in [6.45, 7) is 0. The number of thioether (sulfide) groups is 2. The summed E-state index contributed by atoms with van der Waals surface area (Å²) in [5.74, 6) is 2.94. The largest absolute Gasteiger partial charge is 0.325 e. The van der Waals surface area contributed by atoms with Gasteiger partial charge in [-0.2, -0.15) is 0 Å². The van der Waals surface area contributed by atoms with Gasteiger partial charge < -0.3 is 10.6 Å². The van der Waals surface area contributed by atoms with E-state index in [1.54, 1.807) is 35.9 Å². The summed E-state index contributed by atoms with van der Waals surface area (Å²) in [5.41, 5.74) is 6.61. The molecule has 0 saturated carbocycles. The lowest BCUT2D eigenvalue weighted by Gasteiger charge is -2.08. The molecule has 0 aliphatic heterocycles. The van der Waals surface area contributed by atoms with E-state index in [1.807, 2.05) is 84.9 Å². The SMILES string of the molecule is O=C(CSCc1ccccc1)Nc1ccc(-c2cnc(-c3ccc(NC(=O)CSCc4ccccc4)cc3)nc2)cc1. The minimum Gasteiger partial charge on any atom is -0.325 e. The lowest BCUT2D eigenvalue weighted by atomic mass is 10.1. The first-order chi connectivity index (χ1) is 20.6. The second-order valence-corrected chi connectivity index (χ2v) is 11.5. The third-order valence-corrected chi connectivity index (χ3v) is 8.28. The number of hydrogen-bond acceptors (Lipinski definition) is 6. The Labute approximate surface area is 254 Å². The van der Waals surface area contributed by atoms with Gasteiger partial charge in [-0.15, -0.1) is 23.5 Å². The van der Waals surface area contributed by atoms with Crippen LogP contribution >= 0.6 is 23.5 Å². The number of rotatable bonds is 12. The van der Waals surface area contributed by atoms with Crippen molar-refractivity contribution in [3.8, 4) is 22.5 Å². The highest BCUT2D eigenvalue weighted by molar-refractivity contribution is 7.99. The smallest absolute Gasteiger partial charge is 0.234 e. The average molecular weight is 591 g/mol. The fourth-order valence-electron chi connectivity index (χ4n) is 4.14. The zero-order valence-electron chi connectivity index (χ0n) is 22.9. The van der Waals surface area contributed by atoms with Crippen LogP contribution < -0.4 is 10.6 Å². The zero-order chi connectivity index (χ0) is 29.0. The quantitative estimate of drug-likeness (QED) is 0.156. The second-order valence-electron chi connectivity index (χ2n) is 9.50. The van der Waals surface area contributed by atoms with E-state index in [1.165, 1.54) is 11.1 Å². The van der Waals surface area contributed by atoms with E-state index < -0.39 is 0 Å². The second kappa shape index (κ2) is 15.0. The third-order valence-electron chi connectivity index (χ3n) is 6.27. The maximum absolute atomic E-state index is 12.3. The lowest BCUT2D eigenvalue weighted by molar-refractivity contribution is -0.114. The normalized spacial score (nSPS) is 10.7. The maximum atomic E-state index is 12.3. The summed E-state index contributed by atoms with van der Waals surface area (Å²) < 4.78 is 0. The summed E-state index contributed by atoms with van der Waals surface area (Å²) in [5, 5.41) is 5.89. The van der Waals surface area contributed by atoms with Crippen molar-refractivity contribution in [3.63, 3.8) is 0 Å². The van der Waals surface area contributed by atoms with Gasteiger partial charge in [0, 0.05) is 46.4 Å². The van der Waals surface area contributed by atoms with Crippen LogP contribution in [-0.2, 0) is 21.1 Å². The zero-order valence-corrected chi connectivity index (χ0v) is 24.5. The molecule has 0 aliphatic carbocycles. The first kappa shape index (κ1) is 29.1. The Morgan fingerprint density at radius 2 is 0.952 bits per heavy atom. The van der Waals surface area contributed by atoms with Crippen LogP contribution in [0.4, 0.5) is 11.4 Å². The van der Waals surface area contributed by atoms with Gasteiger partial charge in [0.1, 0.15) is 0 Å². The Morgan fingerprint density at radius 1 is 0.524 bits per heavy atom. The van der Waals surface area contributed by atoms with Crippen molar-refractivity contribution in [1.29, 1.82) is 0 Å². The van der Waals surface area contributed by atoms with E-state index in [2.05, 4.69) is 44.9 Å². The number of nitrogens with one attached hydrogen (secondary N) is 2. The molecule has 42 heavy (non-hydrogen) atoms. The summed E-state index contributed by atoms with van der Waals surface area (Å²) in [4.78, 5) is 33.7. The van der Waals surface area contributed by atoms with E-state index in [0.717, 1.165) is 39.6 Å². The summed E-state index contributed by atoms with van der Waals surface area (Å²) >= 11 is 3.18. The van der Waals surface area contributed by atoms with Gasteiger partial charge in [0.15, 0.2) is 5.82 Å². The molecule has 0 atom stereocenters. The fraction of sp³-hybridized carbons (Fsp3) is 0.118. The number of benzene rings is 4. The summed E-state index contributed by atoms with van der Waals surface area (Å²) in [6.07, 6.45) is 3.57. The molecule has 0 unspecified atom stereocenters. The van der Waals surface area contributed by atoms with Crippen LogP contribution in [0.2, 0.25) is 0 Å².